The number of rotatable bonds is 4. The van der Waals surface area contributed by atoms with Crippen LogP contribution in [0.2, 0.25) is 0 Å². The number of thiophene rings is 1. The number of carboxylic acid groups (broad SMARTS) is 1. The molecular formula is C13H15F2NO5S2. The summed E-state index contributed by atoms with van der Waals surface area (Å²) >= 11 is 0.755. The Morgan fingerprint density at radius 2 is 2.04 bits per heavy atom. The van der Waals surface area contributed by atoms with Gasteiger partial charge in [-0.05, 0) is 23.8 Å². The van der Waals surface area contributed by atoms with Crippen molar-refractivity contribution in [1.29, 1.82) is 0 Å². The number of halogens is 2. The molecule has 2 heterocycles. The van der Waals surface area contributed by atoms with Gasteiger partial charge in [-0.2, -0.15) is 8.78 Å². The molecule has 1 N–H and O–H groups in total. The van der Waals surface area contributed by atoms with Crippen LogP contribution < -0.4 is 0 Å². The van der Waals surface area contributed by atoms with Crippen LogP contribution in [-0.2, 0) is 14.6 Å². The van der Waals surface area contributed by atoms with Crippen molar-refractivity contribution in [2.24, 2.45) is 11.8 Å². The molecule has 10 heteroatoms. The molecule has 2 atom stereocenters. The number of hydrogen-bond acceptors (Lipinski definition) is 5. The lowest BCUT2D eigenvalue weighted by atomic mass is 9.90. The Labute approximate surface area is 135 Å². The monoisotopic (exact) mass is 367 g/mol. The molecule has 1 saturated heterocycles. The molecule has 1 fully saturated rings. The van der Waals surface area contributed by atoms with E-state index in [1.54, 1.807) is 6.92 Å². The fourth-order valence-electron chi connectivity index (χ4n) is 2.61. The smallest absolute Gasteiger partial charge is 0.341 e. The average Bonchev–Trinajstić information content (AvgIpc) is 2.95. The summed E-state index contributed by atoms with van der Waals surface area (Å²) in [5, 5.41) is 10.4. The van der Waals surface area contributed by atoms with Crippen LogP contribution in [-0.4, -0.2) is 49.1 Å². The van der Waals surface area contributed by atoms with Gasteiger partial charge in [-0.1, -0.05) is 6.92 Å². The molecule has 1 aromatic heterocycles. The Morgan fingerprint density at radius 3 is 2.61 bits per heavy atom. The van der Waals surface area contributed by atoms with Crippen LogP contribution in [0.5, 0.6) is 0 Å². The lowest BCUT2D eigenvalue weighted by Crippen LogP contribution is -2.45. The number of aliphatic carboxylic acids is 1. The number of carbonyl (C=O) groups excluding carboxylic acids is 1. The molecule has 0 aromatic carbocycles. The van der Waals surface area contributed by atoms with Crippen molar-refractivity contribution in [3.8, 4) is 0 Å². The van der Waals surface area contributed by atoms with E-state index in [2.05, 4.69) is 0 Å². The number of piperidine rings is 1. The van der Waals surface area contributed by atoms with Gasteiger partial charge in [-0.15, -0.1) is 11.3 Å². The number of alkyl halides is 2. The Morgan fingerprint density at radius 1 is 1.39 bits per heavy atom. The van der Waals surface area contributed by atoms with E-state index in [0.29, 0.717) is 6.42 Å². The van der Waals surface area contributed by atoms with Crippen molar-refractivity contribution in [2.45, 2.75) is 24.0 Å². The largest absolute Gasteiger partial charge is 0.481 e. The van der Waals surface area contributed by atoms with Crippen molar-refractivity contribution in [1.82, 2.24) is 4.90 Å². The van der Waals surface area contributed by atoms with Crippen LogP contribution in [0.15, 0.2) is 16.3 Å². The van der Waals surface area contributed by atoms with Gasteiger partial charge in [0.15, 0.2) is 0 Å². The zero-order chi connectivity index (χ0) is 17.4. The van der Waals surface area contributed by atoms with Crippen LogP contribution in [0.3, 0.4) is 0 Å². The minimum Gasteiger partial charge on any atom is -0.481 e. The number of likely N-dealkylation sites (tertiary alicyclic amines) is 1. The molecule has 2 unspecified atom stereocenters. The van der Waals surface area contributed by atoms with Gasteiger partial charge in [0.2, 0.25) is 9.84 Å². The fourth-order valence-corrected chi connectivity index (χ4v) is 4.74. The number of amides is 1. The first kappa shape index (κ1) is 17.8. The van der Waals surface area contributed by atoms with Crippen LogP contribution in [0.4, 0.5) is 8.78 Å². The second kappa shape index (κ2) is 6.52. The van der Waals surface area contributed by atoms with Crippen molar-refractivity contribution in [2.75, 3.05) is 13.1 Å². The lowest BCUT2D eigenvalue weighted by molar-refractivity contribution is -0.143. The van der Waals surface area contributed by atoms with Crippen LogP contribution in [0.25, 0.3) is 0 Å². The second-order valence-electron chi connectivity index (χ2n) is 5.51. The zero-order valence-corrected chi connectivity index (χ0v) is 13.7. The number of nitrogens with zero attached hydrogens (tertiary/aromatic N) is 1. The van der Waals surface area contributed by atoms with Gasteiger partial charge in [-0.25, -0.2) is 8.42 Å². The third kappa shape index (κ3) is 3.52. The molecule has 0 bridgehead atoms. The van der Waals surface area contributed by atoms with Crippen molar-refractivity contribution in [3.05, 3.63) is 16.3 Å². The Kier molecular flexibility index (Phi) is 5.04. The van der Waals surface area contributed by atoms with E-state index in [4.69, 9.17) is 5.11 Å². The first-order valence-electron chi connectivity index (χ1n) is 6.76. The number of hydrogen-bond donors (Lipinski definition) is 1. The first-order valence-corrected chi connectivity index (χ1v) is 9.18. The van der Waals surface area contributed by atoms with E-state index >= 15 is 0 Å². The van der Waals surface area contributed by atoms with Gasteiger partial charge in [0.05, 0.1) is 10.8 Å². The number of carbonyl (C=O) groups is 2. The summed E-state index contributed by atoms with van der Waals surface area (Å²) < 4.78 is 48.7. The van der Waals surface area contributed by atoms with E-state index in [1.165, 1.54) is 10.3 Å². The molecule has 0 saturated carbocycles. The normalized spacial score (nSPS) is 22.3. The van der Waals surface area contributed by atoms with Gasteiger partial charge < -0.3 is 10.0 Å². The second-order valence-corrected chi connectivity index (χ2v) is 8.31. The third-order valence-electron chi connectivity index (χ3n) is 3.66. The van der Waals surface area contributed by atoms with E-state index in [9.17, 15) is 26.8 Å². The van der Waals surface area contributed by atoms with Crippen molar-refractivity contribution >= 4 is 33.1 Å². The molecular weight excluding hydrogens is 352 g/mol. The van der Waals surface area contributed by atoms with Gasteiger partial charge in [-0.3, -0.25) is 9.59 Å². The number of carboxylic acids is 1. The Bertz CT molecular complexity index is 716. The Balaban J connectivity index is 2.32. The predicted molar refractivity (Wildman–Crippen MR) is 78.3 cm³/mol. The van der Waals surface area contributed by atoms with Crippen LogP contribution in [0.1, 0.15) is 23.0 Å². The highest BCUT2D eigenvalue weighted by atomic mass is 32.2. The molecule has 0 spiro atoms. The standard InChI is InChI=1S/C13H15F2NO5S2/c1-7-4-8(12(18)19)6-16(5-7)11(17)10-9(2-3-22-10)23(20,21)13(14)15/h2-3,7-8,13H,4-6H2,1H3,(H,18,19). The number of sulfone groups is 1. The molecule has 0 radical (unpaired) electrons. The summed E-state index contributed by atoms with van der Waals surface area (Å²) in [5.41, 5.74) is 0. The average molecular weight is 367 g/mol. The quantitative estimate of drug-likeness (QED) is 0.878. The maximum Gasteiger partial charge on any atom is 0.341 e. The molecule has 23 heavy (non-hydrogen) atoms. The van der Waals surface area contributed by atoms with E-state index in [0.717, 1.165) is 17.4 Å². The molecule has 0 aliphatic carbocycles. The van der Waals surface area contributed by atoms with Crippen molar-refractivity contribution in [3.63, 3.8) is 0 Å². The minimum absolute atomic E-state index is 0.0649. The van der Waals surface area contributed by atoms with Gasteiger partial charge in [0.25, 0.3) is 5.91 Å². The molecule has 1 aliphatic heterocycles. The molecule has 6 nitrogen and oxygen atoms in total. The highest BCUT2D eigenvalue weighted by Crippen LogP contribution is 2.30. The minimum atomic E-state index is -4.88. The summed E-state index contributed by atoms with van der Waals surface area (Å²) in [6, 6.07) is 0.974. The topological polar surface area (TPSA) is 91.8 Å². The molecule has 1 aliphatic rings. The fraction of sp³-hybridized carbons (Fsp3) is 0.538. The third-order valence-corrected chi connectivity index (χ3v) is 6.11. The molecule has 2 rings (SSSR count). The summed E-state index contributed by atoms with van der Waals surface area (Å²) in [7, 11) is -4.88. The van der Waals surface area contributed by atoms with Gasteiger partial charge in [0, 0.05) is 13.1 Å². The van der Waals surface area contributed by atoms with E-state index < -0.39 is 38.3 Å². The van der Waals surface area contributed by atoms with Crippen molar-refractivity contribution < 1.29 is 31.9 Å². The SMILES string of the molecule is CC1CC(C(=O)O)CN(C(=O)c2sccc2S(=O)(=O)C(F)F)C1. The zero-order valence-electron chi connectivity index (χ0n) is 12.1. The van der Waals surface area contributed by atoms with Gasteiger partial charge >= 0.3 is 11.7 Å². The Hall–Kier alpha value is -1.55. The lowest BCUT2D eigenvalue weighted by Gasteiger charge is -2.34. The highest BCUT2D eigenvalue weighted by molar-refractivity contribution is 7.92. The molecule has 1 aromatic rings. The van der Waals surface area contributed by atoms with Crippen LogP contribution in [0, 0.1) is 11.8 Å². The maximum absolute atomic E-state index is 12.7. The highest BCUT2D eigenvalue weighted by Gasteiger charge is 2.37. The summed E-state index contributed by atoms with van der Waals surface area (Å²) in [4.78, 5) is 23.9. The maximum atomic E-state index is 12.7. The van der Waals surface area contributed by atoms with Gasteiger partial charge in [0.1, 0.15) is 4.88 Å². The summed E-state index contributed by atoms with van der Waals surface area (Å²) in [6.45, 7) is 1.97. The summed E-state index contributed by atoms with van der Waals surface area (Å²) in [5.74, 6) is -6.21. The summed E-state index contributed by atoms with van der Waals surface area (Å²) in [6.07, 6.45) is 0.408. The van der Waals surface area contributed by atoms with E-state index in [-0.39, 0.29) is 23.9 Å². The predicted octanol–water partition coefficient (Wildman–Crippen LogP) is 1.93. The van der Waals surface area contributed by atoms with Crippen LogP contribution >= 0.6 is 11.3 Å². The van der Waals surface area contributed by atoms with E-state index in [1.807, 2.05) is 0 Å². The molecule has 128 valence electrons. The first-order chi connectivity index (χ1) is 10.6. The molecule has 1 amide bonds.